The van der Waals surface area contributed by atoms with Crippen LogP contribution >= 0.6 is 47.0 Å². The molecule has 3 aromatic rings. The Balaban J connectivity index is 1.56. The predicted octanol–water partition coefficient (Wildman–Crippen LogP) is 6.37. The van der Waals surface area contributed by atoms with Crippen LogP contribution in [0.3, 0.4) is 0 Å². The molecule has 0 saturated carbocycles. The number of hydrogen-bond acceptors (Lipinski definition) is 5. The summed E-state index contributed by atoms with van der Waals surface area (Å²) < 4.78 is 10.6. The van der Waals surface area contributed by atoms with Gasteiger partial charge in [-0.25, -0.2) is 0 Å². The Kier molecular flexibility index (Phi) is 8.16. The topological polar surface area (TPSA) is 59.1 Å². The van der Waals surface area contributed by atoms with Gasteiger partial charge in [-0.3, -0.25) is 14.5 Å². The number of carbonyl (C=O) groups is 2. The monoisotopic (exact) mass is 560 g/mol. The molecule has 1 saturated heterocycles. The van der Waals surface area contributed by atoms with E-state index >= 15 is 0 Å². The molecule has 1 amide bonds. The first-order valence-corrected chi connectivity index (χ1v) is 12.2. The van der Waals surface area contributed by atoms with Crippen molar-refractivity contribution in [1.82, 2.24) is 4.90 Å². The van der Waals surface area contributed by atoms with Gasteiger partial charge in [-0.05, 0) is 78.0 Å². The number of carbonyl (C=O) groups excluding carboxylic acids is 2. The van der Waals surface area contributed by atoms with Crippen molar-refractivity contribution in [3.63, 3.8) is 0 Å². The molecule has 6 nitrogen and oxygen atoms in total. The number of anilines is 1. The average molecular weight is 562 g/mol. The van der Waals surface area contributed by atoms with Crippen molar-refractivity contribution in [2.45, 2.75) is 6.61 Å². The smallest absolute Gasteiger partial charge is 0.325 e. The predicted molar refractivity (Wildman–Crippen MR) is 145 cm³/mol. The molecule has 1 aliphatic rings. The molecule has 0 N–H and O–H groups in total. The Morgan fingerprint density at radius 3 is 2.31 bits per heavy atom. The highest BCUT2D eigenvalue weighted by atomic mass is 35.5. The van der Waals surface area contributed by atoms with Gasteiger partial charge in [0.05, 0.1) is 22.8 Å². The van der Waals surface area contributed by atoms with Crippen LogP contribution in [-0.4, -0.2) is 35.5 Å². The molecular formula is C26H19Cl3N2O4S. The van der Waals surface area contributed by atoms with E-state index in [4.69, 9.17) is 56.5 Å². The first-order chi connectivity index (χ1) is 17.3. The van der Waals surface area contributed by atoms with E-state index in [1.165, 1.54) is 16.9 Å². The lowest BCUT2D eigenvalue weighted by atomic mass is 10.1. The lowest BCUT2D eigenvalue weighted by Crippen LogP contribution is -2.35. The molecule has 0 bridgehead atoms. The maximum absolute atomic E-state index is 13.4. The number of thiocarbonyl (C=S) groups is 1. The minimum atomic E-state index is -0.528. The second kappa shape index (κ2) is 11.3. The van der Waals surface area contributed by atoms with Crippen molar-refractivity contribution < 1.29 is 19.1 Å². The van der Waals surface area contributed by atoms with Crippen molar-refractivity contribution in [2.75, 3.05) is 18.6 Å². The minimum Gasteiger partial charge on any atom is -0.489 e. The Hall–Kier alpha value is -3.10. The second-order valence-corrected chi connectivity index (χ2v) is 9.31. The number of rotatable bonds is 7. The van der Waals surface area contributed by atoms with Gasteiger partial charge in [-0.15, -0.1) is 0 Å². The van der Waals surface area contributed by atoms with Crippen molar-refractivity contribution in [1.29, 1.82) is 0 Å². The third kappa shape index (κ3) is 5.82. The van der Waals surface area contributed by atoms with E-state index in [-0.39, 0.29) is 23.3 Å². The summed E-state index contributed by atoms with van der Waals surface area (Å²) in [7, 11) is 1.28. The zero-order chi connectivity index (χ0) is 25.8. The van der Waals surface area contributed by atoms with Gasteiger partial charge in [0.15, 0.2) is 5.11 Å². The number of methoxy groups -OCH3 is 1. The second-order valence-electron chi connectivity index (χ2n) is 7.70. The van der Waals surface area contributed by atoms with E-state index in [0.29, 0.717) is 33.1 Å². The zero-order valence-electron chi connectivity index (χ0n) is 18.9. The number of amides is 1. The Bertz CT molecular complexity index is 1340. The quantitative estimate of drug-likeness (QED) is 0.190. The first-order valence-electron chi connectivity index (χ1n) is 10.6. The van der Waals surface area contributed by atoms with E-state index in [2.05, 4.69) is 0 Å². The van der Waals surface area contributed by atoms with E-state index in [0.717, 1.165) is 11.1 Å². The van der Waals surface area contributed by atoms with Crippen LogP contribution in [0.15, 0.2) is 72.4 Å². The fourth-order valence-electron chi connectivity index (χ4n) is 3.46. The zero-order valence-corrected chi connectivity index (χ0v) is 22.0. The van der Waals surface area contributed by atoms with Gasteiger partial charge in [0.25, 0.3) is 5.91 Å². The van der Waals surface area contributed by atoms with Crippen LogP contribution in [0.2, 0.25) is 15.1 Å². The number of ether oxygens (including phenoxy) is 2. The van der Waals surface area contributed by atoms with Gasteiger partial charge in [-0.1, -0.05) is 53.0 Å². The molecule has 1 aliphatic heterocycles. The van der Waals surface area contributed by atoms with Crippen LogP contribution in [0.5, 0.6) is 5.75 Å². The third-order valence-electron chi connectivity index (χ3n) is 5.31. The Labute approximate surface area is 228 Å². The molecule has 1 fully saturated rings. The van der Waals surface area contributed by atoms with E-state index in [9.17, 15) is 9.59 Å². The molecule has 0 aliphatic carbocycles. The van der Waals surface area contributed by atoms with Crippen molar-refractivity contribution in [3.8, 4) is 5.75 Å². The first kappa shape index (κ1) is 26.0. The molecule has 0 unspecified atom stereocenters. The SMILES string of the molecule is COC(=O)CN1C(=S)N(c2ccc(Cl)cc2)C(=O)/C1=C/c1ccc(OCc2ccc(Cl)c(Cl)c2)cc1. The maximum Gasteiger partial charge on any atom is 0.325 e. The summed E-state index contributed by atoms with van der Waals surface area (Å²) in [5.41, 5.74) is 2.38. The molecule has 3 aromatic carbocycles. The van der Waals surface area contributed by atoms with Crippen molar-refractivity contribution in [2.24, 2.45) is 0 Å². The molecule has 184 valence electrons. The van der Waals surface area contributed by atoms with Crippen LogP contribution in [0, 0.1) is 0 Å². The highest BCUT2D eigenvalue weighted by Crippen LogP contribution is 2.30. The highest BCUT2D eigenvalue weighted by molar-refractivity contribution is 7.80. The maximum atomic E-state index is 13.4. The summed E-state index contributed by atoms with van der Waals surface area (Å²) in [6.45, 7) is 0.106. The van der Waals surface area contributed by atoms with Crippen molar-refractivity contribution in [3.05, 3.63) is 98.6 Å². The fraction of sp³-hybridized carbons (Fsp3) is 0.115. The number of halogens is 3. The fourth-order valence-corrected chi connectivity index (χ4v) is 4.26. The summed E-state index contributed by atoms with van der Waals surface area (Å²) in [4.78, 5) is 28.2. The van der Waals surface area contributed by atoms with Crippen molar-refractivity contribution >= 4 is 75.8 Å². The molecule has 0 spiro atoms. The van der Waals surface area contributed by atoms with E-state index in [1.54, 1.807) is 66.7 Å². The summed E-state index contributed by atoms with van der Waals surface area (Å²) in [5, 5.41) is 1.64. The van der Waals surface area contributed by atoms with Crippen LogP contribution in [-0.2, 0) is 20.9 Å². The molecule has 10 heteroatoms. The summed E-state index contributed by atoms with van der Waals surface area (Å²) in [6, 6.07) is 19.2. The molecule has 1 heterocycles. The minimum absolute atomic E-state index is 0.167. The number of nitrogens with zero attached hydrogens (tertiary/aromatic N) is 2. The van der Waals surface area contributed by atoms with Gasteiger partial charge in [0.1, 0.15) is 24.6 Å². The largest absolute Gasteiger partial charge is 0.489 e. The van der Waals surface area contributed by atoms with Gasteiger partial charge in [0, 0.05) is 5.02 Å². The molecule has 0 radical (unpaired) electrons. The van der Waals surface area contributed by atoms with Gasteiger partial charge >= 0.3 is 5.97 Å². The highest BCUT2D eigenvalue weighted by Gasteiger charge is 2.40. The lowest BCUT2D eigenvalue weighted by Gasteiger charge is -2.19. The molecular weight excluding hydrogens is 543 g/mol. The van der Waals surface area contributed by atoms with E-state index < -0.39 is 5.97 Å². The summed E-state index contributed by atoms with van der Waals surface area (Å²) in [6.07, 6.45) is 1.66. The molecule has 0 atom stereocenters. The van der Waals surface area contributed by atoms with Crippen LogP contribution < -0.4 is 9.64 Å². The number of esters is 1. The van der Waals surface area contributed by atoms with Crippen LogP contribution in [0.4, 0.5) is 5.69 Å². The molecule has 4 rings (SSSR count). The van der Waals surface area contributed by atoms with Crippen LogP contribution in [0.1, 0.15) is 11.1 Å². The lowest BCUT2D eigenvalue weighted by molar-refractivity contribution is -0.140. The number of hydrogen-bond donors (Lipinski definition) is 0. The normalized spacial score (nSPS) is 14.5. The Morgan fingerprint density at radius 2 is 1.67 bits per heavy atom. The molecule has 0 aromatic heterocycles. The van der Waals surface area contributed by atoms with E-state index in [1.807, 2.05) is 6.07 Å². The summed E-state index contributed by atoms with van der Waals surface area (Å²) >= 11 is 23.5. The average Bonchev–Trinajstić information content (AvgIpc) is 3.10. The summed E-state index contributed by atoms with van der Waals surface area (Å²) in [5.74, 6) is -0.267. The Morgan fingerprint density at radius 1 is 0.972 bits per heavy atom. The standard InChI is InChI=1S/C26H19Cl3N2O4S/c1-34-24(32)14-30-23(25(33)31(26(30)36)19-7-5-18(27)6-8-19)13-16-2-9-20(10-3-16)35-15-17-4-11-21(28)22(29)12-17/h2-13H,14-15H2,1H3/b23-13-. The van der Waals surface area contributed by atoms with Gasteiger partial charge in [0.2, 0.25) is 0 Å². The number of benzene rings is 3. The van der Waals surface area contributed by atoms with Crippen LogP contribution in [0.25, 0.3) is 6.08 Å². The van der Waals surface area contributed by atoms with Gasteiger partial charge < -0.3 is 14.4 Å². The third-order valence-corrected chi connectivity index (χ3v) is 6.70. The van der Waals surface area contributed by atoms with Gasteiger partial charge in [-0.2, -0.15) is 0 Å². The molecule has 36 heavy (non-hydrogen) atoms.